The molecule has 66 valence electrons. The van der Waals surface area contributed by atoms with Crippen molar-refractivity contribution in [2.75, 3.05) is 0 Å². The zero-order chi connectivity index (χ0) is 8.97. The van der Waals surface area contributed by atoms with Crippen molar-refractivity contribution in [2.45, 2.75) is 26.8 Å². The Hall–Kier alpha value is -0.830. The van der Waals surface area contributed by atoms with Crippen LogP contribution in [0.1, 0.15) is 24.5 Å². The average Bonchev–Trinajstić information content (AvgIpc) is 2.47. The van der Waals surface area contributed by atoms with Gasteiger partial charge in [0.25, 0.3) is 0 Å². The highest BCUT2D eigenvalue weighted by Crippen LogP contribution is 2.14. The summed E-state index contributed by atoms with van der Waals surface area (Å²) in [6, 6.07) is 0. The van der Waals surface area contributed by atoms with Gasteiger partial charge in [-0.05, 0) is 28.8 Å². The Kier molecular flexibility index (Phi) is 3.29. The molecule has 0 saturated carbocycles. The minimum absolute atomic E-state index is 0.731. The van der Waals surface area contributed by atoms with E-state index in [4.69, 9.17) is 5.73 Å². The van der Waals surface area contributed by atoms with Gasteiger partial charge in [-0.25, -0.2) is 0 Å². The summed E-state index contributed by atoms with van der Waals surface area (Å²) in [5.41, 5.74) is 8.19. The summed E-state index contributed by atoms with van der Waals surface area (Å²) in [5.74, 6) is 0.737. The van der Waals surface area contributed by atoms with E-state index in [1.807, 2.05) is 6.92 Å². The van der Waals surface area contributed by atoms with Crippen LogP contribution in [0.2, 0.25) is 0 Å². The van der Waals surface area contributed by atoms with Crippen molar-refractivity contribution < 1.29 is 0 Å². The average molecular weight is 182 g/mol. The fourth-order valence-electron chi connectivity index (χ4n) is 0.847. The van der Waals surface area contributed by atoms with Gasteiger partial charge in [0, 0.05) is 6.42 Å². The number of hydrogen-bond donors (Lipinski definition) is 1. The number of nitrogens with zero attached hydrogens (tertiary/aromatic N) is 1. The maximum Gasteiger partial charge on any atom is 0.0938 e. The normalized spacial score (nSPS) is 12.0. The Morgan fingerprint density at radius 1 is 1.58 bits per heavy atom. The first-order valence-electron chi connectivity index (χ1n) is 4.04. The first-order valence-corrected chi connectivity index (χ1v) is 4.98. The third-order valence-corrected chi connectivity index (χ3v) is 2.69. The van der Waals surface area contributed by atoms with Crippen LogP contribution in [0, 0.1) is 6.92 Å². The number of hydrogen-bond acceptors (Lipinski definition) is 2. The second kappa shape index (κ2) is 4.26. The lowest BCUT2D eigenvalue weighted by Gasteiger charge is -1.96. The van der Waals surface area contributed by atoms with Crippen molar-refractivity contribution in [3.8, 4) is 0 Å². The zero-order valence-corrected chi connectivity index (χ0v) is 8.32. The van der Waals surface area contributed by atoms with E-state index in [0.717, 1.165) is 18.8 Å². The van der Waals surface area contributed by atoms with E-state index in [0.29, 0.717) is 0 Å². The molecule has 0 spiro atoms. The van der Waals surface area contributed by atoms with Gasteiger partial charge in [0.1, 0.15) is 0 Å². The second-order valence-corrected chi connectivity index (χ2v) is 3.48. The Morgan fingerprint density at radius 3 is 2.83 bits per heavy atom. The summed E-state index contributed by atoms with van der Waals surface area (Å²) in [6.07, 6.45) is 0.836. The molecule has 0 unspecified atom stereocenters. The van der Waals surface area contributed by atoms with Crippen LogP contribution in [0.3, 0.4) is 0 Å². The summed E-state index contributed by atoms with van der Waals surface area (Å²) in [5, 5.41) is 4.26. The molecule has 2 nitrogen and oxygen atoms in total. The quantitative estimate of drug-likeness (QED) is 0.565. The number of thiophene rings is 1. The summed E-state index contributed by atoms with van der Waals surface area (Å²) >= 11 is 1.72. The van der Waals surface area contributed by atoms with Crippen LogP contribution in [-0.2, 0) is 6.54 Å². The van der Waals surface area contributed by atoms with E-state index in [9.17, 15) is 0 Å². The molecule has 0 fully saturated rings. The topological polar surface area (TPSA) is 38.4 Å². The molecule has 0 aliphatic rings. The van der Waals surface area contributed by atoms with Gasteiger partial charge in [0.05, 0.1) is 12.4 Å². The van der Waals surface area contributed by atoms with Gasteiger partial charge >= 0.3 is 0 Å². The van der Waals surface area contributed by atoms with Crippen molar-refractivity contribution in [1.29, 1.82) is 0 Å². The highest BCUT2D eigenvalue weighted by atomic mass is 32.1. The molecule has 0 radical (unpaired) electrons. The van der Waals surface area contributed by atoms with Crippen LogP contribution >= 0.6 is 11.3 Å². The minimum atomic E-state index is 0.731. The van der Waals surface area contributed by atoms with Crippen LogP contribution in [0.4, 0.5) is 0 Å². The standard InChI is InChI=1S/C9H14N2S/c1-3-9(10)11-4-8-6-12-5-7(8)2/h5-6H,3-4H2,1-2H3,(H2,10,11). The lowest BCUT2D eigenvalue weighted by Crippen LogP contribution is -2.09. The van der Waals surface area contributed by atoms with Gasteiger partial charge in [0.15, 0.2) is 0 Å². The number of rotatable bonds is 3. The summed E-state index contributed by atoms with van der Waals surface area (Å²) in [7, 11) is 0. The first kappa shape index (κ1) is 9.26. The third kappa shape index (κ3) is 2.34. The SMILES string of the molecule is CCC(N)=NCc1cscc1C. The van der Waals surface area contributed by atoms with E-state index in [-0.39, 0.29) is 0 Å². The smallest absolute Gasteiger partial charge is 0.0938 e. The molecule has 0 atom stereocenters. The number of aryl methyl sites for hydroxylation is 1. The van der Waals surface area contributed by atoms with Crippen molar-refractivity contribution in [3.63, 3.8) is 0 Å². The van der Waals surface area contributed by atoms with Crippen LogP contribution in [0.25, 0.3) is 0 Å². The van der Waals surface area contributed by atoms with Crippen LogP contribution in [0.5, 0.6) is 0 Å². The number of amidine groups is 1. The van der Waals surface area contributed by atoms with Crippen LogP contribution in [-0.4, -0.2) is 5.84 Å². The monoisotopic (exact) mass is 182 g/mol. The predicted molar refractivity (Wildman–Crippen MR) is 54.7 cm³/mol. The van der Waals surface area contributed by atoms with Crippen LogP contribution < -0.4 is 5.73 Å². The zero-order valence-electron chi connectivity index (χ0n) is 7.50. The molecule has 3 heteroatoms. The summed E-state index contributed by atoms with van der Waals surface area (Å²) in [6.45, 7) is 4.85. The van der Waals surface area contributed by atoms with E-state index >= 15 is 0 Å². The molecular weight excluding hydrogens is 168 g/mol. The van der Waals surface area contributed by atoms with E-state index in [1.165, 1.54) is 11.1 Å². The largest absolute Gasteiger partial charge is 0.387 e. The van der Waals surface area contributed by atoms with Gasteiger partial charge in [-0.3, -0.25) is 4.99 Å². The van der Waals surface area contributed by atoms with Gasteiger partial charge in [0.2, 0.25) is 0 Å². The molecule has 1 rings (SSSR count). The van der Waals surface area contributed by atoms with E-state index in [2.05, 4.69) is 22.7 Å². The van der Waals surface area contributed by atoms with Crippen LogP contribution in [0.15, 0.2) is 15.8 Å². The maximum atomic E-state index is 5.59. The van der Waals surface area contributed by atoms with E-state index in [1.54, 1.807) is 11.3 Å². The highest BCUT2D eigenvalue weighted by molar-refractivity contribution is 7.08. The molecule has 1 aromatic heterocycles. The molecule has 0 aliphatic carbocycles. The van der Waals surface area contributed by atoms with E-state index < -0.39 is 0 Å². The van der Waals surface area contributed by atoms with Gasteiger partial charge in [-0.2, -0.15) is 11.3 Å². The Labute approximate surface area is 77.1 Å². The molecule has 1 aromatic rings. The maximum absolute atomic E-state index is 5.59. The fraction of sp³-hybridized carbons (Fsp3) is 0.444. The molecule has 0 amide bonds. The Morgan fingerprint density at radius 2 is 2.33 bits per heavy atom. The van der Waals surface area contributed by atoms with Crippen molar-refractivity contribution >= 4 is 17.2 Å². The van der Waals surface area contributed by atoms with Gasteiger partial charge in [-0.1, -0.05) is 6.92 Å². The molecule has 1 heterocycles. The lowest BCUT2D eigenvalue weighted by molar-refractivity contribution is 1.03. The molecule has 12 heavy (non-hydrogen) atoms. The first-order chi connectivity index (χ1) is 5.74. The van der Waals surface area contributed by atoms with Crippen molar-refractivity contribution in [3.05, 3.63) is 21.9 Å². The molecular formula is C9H14N2S. The van der Waals surface area contributed by atoms with Gasteiger partial charge < -0.3 is 5.73 Å². The highest BCUT2D eigenvalue weighted by Gasteiger charge is 1.96. The molecule has 0 bridgehead atoms. The minimum Gasteiger partial charge on any atom is -0.387 e. The second-order valence-electron chi connectivity index (χ2n) is 2.74. The fourth-order valence-corrected chi connectivity index (χ4v) is 1.70. The Bertz CT molecular complexity index is 276. The molecule has 0 saturated heterocycles. The van der Waals surface area contributed by atoms with Crippen molar-refractivity contribution in [1.82, 2.24) is 0 Å². The third-order valence-electron chi connectivity index (χ3n) is 1.78. The number of nitrogens with two attached hydrogens (primary N) is 1. The molecule has 0 aliphatic heterocycles. The molecule has 2 N–H and O–H groups in total. The van der Waals surface area contributed by atoms with Crippen molar-refractivity contribution in [2.24, 2.45) is 10.7 Å². The lowest BCUT2D eigenvalue weighted by atomic mass is 10.2. The summed E-state index contributed by atoms with van der Waals surface area (Å²) < 4.78 is 0. The Balaban J connectivity index is 2.59. The summed E-state index contributed by atoms with van der Waals surface area (Å²) in [4.78, 5) is 4.25. The molecule has 0 aromatic carbocycles. The van der Waals surface area contributed by atoms with Gasteiger partial charge in [-0.15, -0.1) is 0 Å². The number of aliphatic imine (C=N–C) groups is 1. The predicted octanol–water partition coefficient (Wildman–Crippen LogP) is 2.32.